The summed E-state index contributed by atoms with van der Waals surface area (Å²) >= 11 is 1.34. The van der Waals surface area contributed by atoms with Crippen molar-refractivity contribution in [3.05, 3.63) is 33.3 Å². The number of imidazole rings is 1. The molecule has 1 aliphatic rings. The summed E-state index contributed by atoms with van der Waals surface area (Å²) in [6, 6.07) is 3.02. The Morgan fingerprint density at radius 3 is 2.88 bits per heavy atom. The third-order valence-corrected chi connectivity index (χ3v) is 6.35. The smallest absolute Gasteiger partial charge is 0.335 e. The molecule has 0 bridgehead atoms. The number of hydrogen-bond donors (Lipinski definition) is 2. The second-order valence-corrected chi connectivity index (χ2v) is 8.93. The van der Waals surface area contributed by atoms with E-state index in [0.29, 0.717) is 66.6 Å². The van der Waals surface area contributed by atoms with Crippen LogP contribution in [0.15, 0.2) is 12.1 Å². The van der Waals surface area contributed by atoms with Gasteiger partial charge in [-0.15, -0.1) is 11.3 Å². The number of thiazole rings is 1. The lowest BCUT2D eigenvalue weighted by Crippen LogP contribution is -2.17. The molecule has 1 aromatic carbocycles. The zero-order valence-electron chi connectivity index (χ0n) is 18.3. The molecule has 2 aromatic heterocycles. The van der Waals surface area contributed by atoms with Crippen LogP contribution in [0.2, 0.25) is 0 Å². The second kappa shape index (κ2) is 9.25. The number of aromatic nitrogens is 3. The summed E-state index contributed by atoms with van der Waals surface area (Å²) in [6.45, 7) is 7.29. The van der Waals surface area contributed by atoms with Gasteiger partial charge in [-0.1, -0.05) is 6.92 Å². The van der Waals surface area contributed by atoms with E-state index < -0.39 is 5.97 Å². The van der Waals surface area contributed by atoms with Crippen LogP contribution in [0.4, 0.5) is 5.95 Å². The molecule has 1 amide bonds. The summed E-state index contributed by atoms with van der Waals surface area (Å²) in [5.74, 6) is -0.563. The molecule has 10 heteroatoms. The third kappa shape index (κ3) is 4.46. The van der Waals surface area contributed by atoms with Crippen LogP contribution in [0.3, 0.4) is 0 Å². The highest BCUT2D eigenvalue weighted by Crippen LogP contribution is 2.32. The minimum Gasteiger partial charge on any atom is -0.491 e. The fraction of sp³-hybridized carbons (Fsp3) is 0.455. The van der Waals surface area contributed by atoms with Gasteiger partial charge in [0.15, 0.2) is 0 Å². The van der Waals surface area contributed by atoms with Crippen LogP contribution < -0.4 is 10.1 Å². The quantitative estimate of drug-likeness (QED) is 0.609. The molecule has 9 nitrogen and oxygen atoms in total. The van der Waals surface area contributed by atoms with Crippen LogP contribution >= 0.6 is 11.3 Å². The van der Waals surface area contributed by atoms with E-state index in [-0.39, 0.29) is 17.6 Å². The number of benzene rings is 1. The Morgan fingerprint density at radius 2 is 2.12 bits per heavy atom. The highest BCUT2D eigenvalue weighted by molar-refractivity contribution is 7.13. The first-order valence-electron chi connectivity index (χ1n) is 10.7. The SMILES string of the molecule is CCc1nc(C)sc1C(=O)Nc1nc2cc(C(=O)O)cc3c2n1CCCO[C@H](C)CCO3. The van der Waals surface area contributed by atoms with Gasteiger partial charge in [-0.05, 0) is 38.8 Å². The first-order chi connectivity index (χ1) is 15.4. The Bertz CT molecular complexity index is 1170. The predicted octanol–water partition coefficient (Wildman–Crippen LogP) is 3.89. The Kier molecular flexibility index (Phi) is 6.43. The lowest BCUT2D eigenvalue weighted by molar-refractivity contribution is 0.0484. The molecular formula is C22H26N4O5S. The summed E-state index contributed by atoms with van der Waals surface area (Å²) in [7, 11) is 0. The number of anilines is 1. The Morgan fingerprint density at radius 1 is 1.31 bits per heavy atom. The molecule has 0 saturated heterocycles. The van der Waals surface area contributed by atoms with Crippen molar-refractivity contribution in [2.75, 3.05) is 18.5 Å². The summed E-state index contributed by atoms with van der Waals surface area (Å²) < 4.78 is 13.7. The predicted molar refractivity (Wildman–Crippen MR) is 121 cm³/mol. The maximum atomic E-state index is 13.1. The van der Waals surface area contributed by atoms with Gasteiger partial charge in [-0.3, -0.25) is 10.1 Å². The number of amides is 1. The fourth-order valence-electron chi connectivity index (χ4n) is 3.75. The van der Waals surface area contributed by atoms with Crippen LogP contribution in [0.5, 0.6) is 5.75 Å². The third-order valence-electron chi connectivity index (χ3n) is 5.33. The zero-order chi connectivity index (χ0) is 22.8. The molecule has 3 heterocycles. The van der Waals surface area contributed by atoms with Gasteiger partial charge in [-0.25, -0.2) is 14.8 Å². The molecule has 2 N–H and O–H groups in total. The van der Waals surface area contributed by atoms with Crippen LogP contribution in [-0.2, 0) is 17.7 Å². The molecule has 0 saturated carbocycles. The van der Waals surface area contributed by atoms with E-state index in [1.807, 2.05) is 25.3 Å². The summed E-state index contributed by atoms with van der Waals surface area (Å²) in [5, 5.41) is 13.3. The van der Waals surface area contributed by atoms with Crippen molar-refractivity contribution >= 4 is 40.2 Å². The first-order valence-corrected chi connectivity index (χ1v) is 11.5. The molecule has 0 fully saturated rings. The van der Waals surface area contributed by atoms with Crippen molar-refractivity contribution in [3.8, 4) is 5.75 Å². The maximum absolute atomic E-state index is 13.1. The standard InChI is InChI=1S/C22H26N4O5S/c1-4-15-19(32-13(3)23-15)20(27)25-22-24-16-10-14(21(28)29)11-17-18(16)26(22)7-5-8-30-12(2)6-9-31-17/h10-12H,4-9H2,1-3H3,(H,28,29)(H,24,25,27)/t12-/m1/s1. The number of aromatic carboxylic acids is 1. The van der Waals surface area contributed by atoms with Gasteiger partial charge >= 0.3 is 5.97 Å². The topological polar surface area (TPSA) is 116 Å². The lowest BCUT2D eigenvalue weighted by atomic mass is 10.2. The number of nitrogens with zero attached hydrogens (tertiary/aromatic N) is 3. The van der Waals surface area contributed by atoms with Gasteiger partial charge in [0.2, 0.25) is 5.95 Å². The minimum atomic E-state index is -1.06. The largest absolute Gasteiger partial charge is 0.491 e. The van der Waals surface area contributed by atoms with E-state index in [1.165, 1.54) is 23.5 Å². The van der Waals surface area contributed by atoms with E-state index in [1.54, 1.807) is 0 Å². The molecule has 0 spiro atoms. The van der Waals surface area contributed by atoms with Gasteiger partial charge in [0.25, 0.3) is 5.91 Å². The summed E-state index contributed by atoms with van der Waals surface area (Å²) in [5.41, 5.74) is 1.95. The van der Waals surface area contributed by atoms with Crippen molar-refractivity contribution in [2.45, 2.75) is 52.7 Å². The number of aryl methyl sites for hydroxylation is 3. The van der Waals surface area contributed by atoms with E-state index in [0.717, 1.165) is 10.7 Å². The van der Waals surface area contributed by atoms with Crippen LogP contribution in [0.25, 0.3) is 11.0 Å². The molecule has 32 heavy (non-hydrogen) atoms. The maximum Gasteiger partial charge on any atom is 0.335 e. The molecule has 170 valence electrons. The number of carbonyl (C=O) groups excluding carboxylic acids is 1. The molecule has 0 radical (unpaired) electrons. The Balaban J connectivity index is 1.79. The second-order valence-electron chi connectivity index (χ2n) is 7.72. The molecule has 1 atom stereocenters. The van der Waals surface area contributed by atoms with Crippen LogP contribution in [-0.4, -0.2) is 50.8 Å². The highest BCUT2D eigenvalue weighted by Gasteiger charge is 2.23. The van der Waals surface area contributed by atoms with E-state index in [2.05, 4.69) is 15.3 Å². The van der Waals surface area contributed by atoms with Crippen LogP contribution in [0.1, 0.15) is 57.4 Å². The molecule has 4 rings (SSSR count). The zero-order valence-corrected chi connectivity index (χ0v) is 19.1. The Hall–Kier alpha value is -2.98. The molecule has 1 aliphatic heterocycles. The molecule has 3 aromatic rings. The number of nitrogens with one attached hydrogen (secondary N) is 1. The molecule has 0 unspecified atom stereocenters. The summed E-state index contributed by atoms with van der Waals surface area (Å²) in [4.78, 5) is 34.3. The van der Waals surface area contributed by atoms with E-state index >= 15 is 0 Å². The van der Waals surface area contributed by atoms with Gasteiger partial charge in [0, 0.05) is 19.6 Å². The number of carbonyl (C=O) groups is 2. The molecular weight excluding hydrogens is 432 g/mol. The van der Waals surface area contributed by atoms with Crippen molar-refractivity contribution in [2.24, 2.45) is 0 Å². The van der Waals surface area contributed by atoms with Crippen molar-refractivity contribution in [1.82, 2.24) is 14.5 Å². The Labute approximate surface area is 189 Å². The number of ether oxygens (including phenoxy) is 2. The average Bonchev–Trinajstić information content (AvgIpc) is 3.29. The normalized spacial score (nSPS) is 16.9. The van der Waals surface area contributed by atoms with Crippen molar-refractivity contribution in [3.63, 3.8) is 0 Å². The van der Waals surface area contributed by atoms with Crippen LogP contribution in [0, 0.1) is 6.92 Å². The fourth-order valence-corrected chi connectivity index (χ4v) is 4.65. The van der Waals surface area contributed by atoms with Gasteiger partial charge in [0.1, 0.15) is 16.1 Å². The summed E-state index contributed by atoms with van der Waals surface area (Å²) in [6.07, 6.45) is 2.07. The minimum absolute atomic E-state index is 0.0324. The molecule has 0 aliphatic carbocycles. The first kappa shape index (κ1) is 22.2. The van der Waals surface area contributed by atoms with Crippen molar-refractivity contribution in [1.29, 1.82) is 0 Å². The van der Waals surface area contributed by atoms with E-state index in [4.69, 9.17) is 9.47 Å². The number of carboxylic acid groups (broad SMARTS) is 1. The van der Waals surface area contributed by atoms with E-state index in [9.17, 15) is 14.7 Å². The number of hydrogen-bond acceptors (Lipinski definition) is 7. The van der Waals surface area contributed by atoms with Gasteiger partial charge in [-0.2, -0.15) is 0 Å². The van der Waals surface area contributed by atoms with Crippen molar-refractivity contribution < 1.29 is 24.2 Å². The lowest BCUT2D eigenvalue weighted by Gasteiger charge is -2.13. The number of carboxylic acids is 1. The highest BCUT2D eigenvalue weighted by atomic mass is 32.1. The number of rotatable bonds is 4. The average molecular weight is 459 g/mol. The van der Waals surface area contributed by atoms with Gasteiger partial charge in [0.05, 0.1) is 34.5 Å². The monoisotopic (exact) mass is 458 g/mol. The van der Waals surface area contributed by atoms with Gasteiger partial charge < -0.3 is 19.1 Å².